The Morgan fingerprint density at radius 3 is 2.54 bits per heavy atom. The Hall–Kier alpha value is -0.890. The maximum absolute atomic E-state index is 5.27. The molecular weight excluding hydrogens is 178 g/mol. The summed E-state index contributed by atoms with van der Waals surface area (Å²) < 4.78 is 0.923. The van der Waals surface area contributed by atoms with Gasteiger partial charge in [0.2, 0.25) is 0 Å². The molecule has 0 amide bonds. The minimum Gasteiger partial charge on any atom is -0.361 e. The van der Waals surface area contributed by atoms with Crippen molar-refractivity contribution in [2.45, 2.75) is 26.7 Å². The van der Waals surface area contributed by atoms with E-state index in [1.165, 1.54) is 5.56 Å². The molecule has 70 valence electrons. The van der Waals surface area contributed by atoms with Crippen molar-refractivity contribution in [2.75, 3.05) is 0 Å². The monoisotopic (exact) mass is 193 g/mol. The van der Waals surface area contributed by atoms with E-state index in [9.17, 15) is 0 Å². The molecule has 1 nitrogen and oxygen atoms in total. The molecule has 2 heteroatoms. The van der Waals surface area contributed by atoms with Crippen LogP contribution in [0.1, 0.15) is 37.9 Å². The molecule has 0 saturated heterocycles. The number of pyridine rings is 1. The van der Waals surface area contributed by atoms with Crippen molar-refractivity contribution in [2.24, 2.45) is 0 Å². The van der Waals surface area contributed by atoms with Gasteiger partial charge in [0.1, 0.15) is 0 Å². The first-order valence-electron chi connectivity index (χ1n) is 4.41. The number of hydrogen-bond acceptors (Lipinski definition) is 1. The highest BCUT2D eigenvalue weighted by Crippen LogP contribution is 2.17. The Kier molecular flexibility index (Phi) is 3.04. The lowest BCUT2D eigenvalue weighted by atomic mass is 10.0. The van der Waals surface area contributed by atoms with Crippen molar-refractivity contribution in [1.82, 2.24) is 4.98 Å². The van der Waals surface area contributed by atoms with E-state index >= 15 is 0 Å². The highest BCUT2D eigenvalue weighted by Gasteiger charge is 2.02. The summed E-state index contributed by atoms with van der Waals surface area (Å²) in [6, 6.07) is 1.98. The fourth-order valence-corrected chi connectivity index (χ4v) is 1.59. The average Bonchev–Trinajstić information content (AvgIpc) is 2.03. The molecule has 0 unspecified atom stereocenters. The molecule has 0 spiro atoms. The van der Waals surface area contributed by atoms with Crippen LogP contribution in [-0.4, -0.2) is 4.98 Å². The maximum Gasteiger partial charge on any atom is 0.0446 e. The summed E-state index contributed by atoms with van der Waals surface area (Å²) in [5, 5.41) is 0. The van der Waals surface area contributed by atoms with Crippen LogP contribution in [0.15, 0.2) is 18.8 Å². The molecule has 1 N–H and O–H groups in total. The van der Waals surface area contributed by atoms with Gasteiger partial charge in [-0.25, -0.2) is 0 Å². The van der Waals surface area contributed by atoms with Gasteiger partial charge in [-0.15, -0.1) is 0 Å². The van der Waals surface area contributed by atoms with Crippen molar-refractivity contribution in [3.63, 3.8) is 0 Å². The van der Waals surface area contributed by atoms with Crippen molar-refractivity contribution in [1.29, 1.82) is 0 Å². The van der Waals surface area contributed by atoms with Gasteiger partial charge in [-0.05, 0) is 30.0 Å². The van der Waals surface area contributed by atoms with Crippen LogP contribution >= 0.6 is 12.2 Å². The molecule has 0 atom stereocenters. The van der Waals surface area contributed by atoms with Crippen molar-refractivity contribution in [3.8, 4) is 0 Å². The predicted octanol–water partition coefficient (Wildman–Crippen LogP) is 3.90. The first-order chi connectivity index (χ1) is 6.02. The van der Waals surface area contributed by atoms with Crippen LogP contribution in [0, 0.1) is 4.51 Å². The zero-order valence-corrected chi connectivity index (χ0v) is 9.16. The normalized spacial score (nSPS) is 10.5. The first kappa shape index (κ1) is 10.2. The molecule has 0 aliphatic rings. The minimum absolute atomic E-state index is 0.475. The second-order valence-corrected chi connectivity index (χ2v) is 4.04. The Balaban J connectivity index is 3.21. The summed E-state index contributed by atoms with van der Waals surface area (Å²) in [6.07, 6.45) is 1.98. The highest BCUT2D eigenvalue weighted by molar-refractivity contribution is 7.71. The number of hydrogen-bond donors (Lipinski definition) is 1. The quantitative estimate of drug-likeness (QED) is 0.704. The third-order valence-electron chi connectivity index (χ3n) is 2.02. The van der Waals surface area contributed by atoms with Crippen LogP contribution < -0.4 is 0 Å². The topological polar surface area (TPSA) is 15.8 Å². The van der Waals surface area contributed by atoms with E-state index in [0.717, 1.165) is 15.8 Å². The number of H-pyrrole nitrogens is 1. The third kappa shape index (κ3) is 2.28. The molecule has 0 aromatic carbocycles. The zero-order chi connectivity index (χ0) is 10.0. The average molecular weight is 193 g/mol. The van der Waals surface area contributed by atoms with E-state index in [4.69, 9.17) is 12.2 Å². The standard InChI is InChI=1S/C11H15NS/c1-7(2)9-6-12-10(8(3)4)5-11(9)13/h5-7H,3H2,1-2,4H3,(H,12,13). The molecule has 0 bridgehead atoms. The largest absolute Gasteiger partial charge is 0.361 e. The number of aromatic nitrogens is 1. The molecule has 0 aliphatic carbocycles. The van der Waals surface area contributed by atoms with E-state index in [0.29, 0.717) is 5.92 Å². The first-order valence-corrected chi connectivity index (χ1v) is 4.81. The zero-order valence-electron chi connectivity index (χ0n) is 8.35. The van der Waals surface area contributed by atoms with E-state index in [1.54, 1.807) is 0 Å². The van der Waals surface area contributed by atoms with Crippen LogP contribution in [0.5, 0.6) is 0 Å². The van der Waals surface area contributed by atoms with E-state index in [-0.39, 0.29) is 0 Å². The summed E-state index contributed by atoms with van der Waals surface area (Å²) in [7, 11) is 0. The van der Waals surface area contributed by atoms with Gasteiger partial charge in [-0.2, -0.15) is 0 Å². The van der Waals surface area contributed by atoms with Gasteiger partial charge in [0.25, 0.3) is 0 Å². The van der Waals surface area contributed by atoms with Crippen LogP contribution in [0.25, 0.3) is 5.57 Å². The van der Waals surface area contributed by atoms with Crippen molar-refractivity contribution >= 4 is 17.8 Å². The highest BCUT2D eigenvalue weighted by atomic mass is 32.1. The Bertz CT molecular complexity index is 374. The van der Waals surface area contributed by atoms with Gasteiger partial charge in [0.15, 0.2) is 0 Å². The second kappa shape index (κ2) is 3.88. The lowest BCUT2D eigenvalue weighted by molar-refractivity contribution is 0.853. The number of allylic oxidation sites excluding steroid dienone is 1. The van der Waals surface area contributed by atoms with Gasteiger partial charge < -0.3 is 4.98 Å². The molecule has 1 heterocycles. The predicted molar refractivity (Wildman–Crippen MR) is 60.4 cm³/mol. The summed E-state index contributed by atoms with van der Waals surface area (Å²) >= 11 is 5.27. The van der Waals surface area contributed by atoms with E-state index in [2.05, 4.69) is 25.4 Å². The SMILES string of the molecule is C=C(C)c1cc(=S)c(C(C)C)c[nH]1. The van der Waals surface area contributed by atoms with Gasteiger partial charge in [0, 0.05) is 16.4 Å². The Labute approximate surface area is 84.5 Å². The van der Waals surface area contributed by atoms with Crippen LogP contribution in [0.2, 0.25) is 0 Å². The summed E-state index contributed by atoms with van der Waals surface area (Å²) in [6.45, 7) is 10.1. The molecule has 1 aromatic rings. The number of rotatable bonds is 2. The number of aromatic amines is 1. The lowest BCUT2D eigenvalue weighted by Gasteiger charge is -2.07. The number of nitrogens with one attached hydrogen (secondary N) is 1. The summed E-state index contributed by atoms with van der Waals surface area (Å²) in [4.78, 5) is 3.19. The maximum atomic E-state index is 5.27. The minimum atomic E-state index is 0.475. The smallest absolute Gasteiger partial charge is 0.0446 e. The molecule has 1 aromatic heterocycles. The molecule has 13 heavy (non-hydrogen) atoms. The fraction of sp³-hybridized carbons (Fsp3) is 0.364. The molecule has 1 rings (SSSR count). The molecule has 0 aliphatic heterocycles. The van der Waals surface area contributed by atoms with Gasteiger partial charge >= 0.3 is 0 Å². The van der Waals surface area contributed by atoms with E-state index in [1.807, 2.05) is 19.2 Å². The van der Waals surface area contributed by atoms with Crippen LogP contribution in [0.4, 0.5) is 0 Å². The lowest BCUT2D eigenvalue weighted by Crippen LogP contribution is -1.93. The van der Waals surface area contributed by atoms with Gasteiger partial charge in [-0.1, -0.05) is 32.6 Å². The molecule has 0 fully saturated rings. The Morgan fingerprint density at radius 1 is 1.54 bits per heavy atom. The van der Waals surface area contributed by atoms with Crippen molar-refractivity contribution < 1.29 is 0 Å². The van der Waals surface area contributed by atoms with Gasteiger partial charge in [0.05, 0.1) is 0 Å². The fourth-order valence-electron chi connectivity index (χ4n) is 1.18. The van der Waals surface area contributed by atoms with Crippen LogP contribution in [0.3, 0.4) is 0 Å². The third-order valence-corrected chi connectivity index (χ3v) is 2.38. The Morgan fingerprint density at radius 2 is 2.15 bits per heavy atom. The molecular formula is C11H15NS. The van der Waals surface area contributed by atoms with Crippen molar-refractivity contribution in [3.05, 3.63) is 34.6 Å². The molecule has 0 saturated carbocycles. The van der Waals surface area contributed by atoms with Crippen LogP contribution in [-0.2, 0) is 0 Å². The summed E-state index contributed by atoms with van der Waals surface area (Å²) in [5.74, 6) is 0.475. The van der Waals surface area contributed by atoms with E-state index < -0.39 is 0 Å². The van der Waals surface area contributed by atoms with Gasteiger partial charge in [-0.3, -0.25) is 0 Å². The summed E-state index contributed by atoms with van der Waals surface area (Å²) in [5.41, 5.74) is 3.23. The second-order valence-electron chi connectivity index (χ2n) is 3.60. The molecule has 0 radical (unpaired) electrons.